The predicted molar refractivity (Wildman–Crippen MR) is 53.5 cm³/mol. The average molecular weight is 227 g/mol. The standard InChI is InChI=1S/C10H10FNO4/c1-6-3-8(11)7(5-10(13)16-2)9(4-6)12(14)15/h3-4H,5H2,1-2H3. The van der Waals surface area contributed by atoms with Crippen LogP contribution in [0, 0.1) is 22.9 Å². The van der Waals surface area contributed by atoms with E-state index in [9.17, 15) is 19.3 Å². The highest BCUT2D eigenvalue weighted by Crippen LogP contribution is 2.24. The monoisotopic (exact) mass is 227 g/mol. The van der Waals surface area contributed by atoms with E-state index >= 15 is 0 Å². The maximum atomic E-state index is 13.5. The van der Waals surface area contributed by atoms with Gasteiger partial charge < -0.3 is 4.74 Å². The molecule has 0 fully saturated rings. The summed E-state index contributed by atoms with van der Waals surface area (Å²) in [5.41, 5.74) is -0.219. The van der Waals surface area contributed by atoms with Crippen molar-refractivity contribution >= 4 is 11.7 Å². The topological polar surface area (TPSA) is 69.4 Å². The van der Waals surface area contributed by atoms with Crippen molar-refractivity contribution in [1.82, 2.24) is 0 Å². The third-order valence-electron chi connectivity index (χ3n) is 2.06. The maximum Gasteiger partial charge on any atom is 0.310 e. The van der Waals surface area contributed by atoms with Gasteiger partial charge in [0.1, 0.15) is 5.82 Å². The number of nitro groups is 1. The van der Waals surface area contributed by atoms with Crippen LogP contribution in [0.15, 0.2) is 12.1 Å². The zero-order valence-electron chi connectivity index (χ0n) is 8.82. The van der Waals surface area contributed by atoms with Crippen LogP contribution < -0.4 is 0 Å². The van der Waals surface area contributed by atoms with Gasteiger partial charge in [0.05, 0.1) is 24.0 Å². The Morgan fingerprint density at radius 1 is 1.56 bits per heavy atom. The number of benzene rings is 1. The largest absolute Gasteiger partial charge is 0.469 e. The normalized spacial score (nSPS) is 9.94. The summed E-state index contributed by atoms with van der Waals surface area (Å²) in [5.74, 6) is -1.48. The predicted octanol–water partition coefficient (Wildman–Crippen LogP) is 1.76. The van der Waals surface area contributed by atoms with Crippen molar-refractivity contribution in [2.45, 2.75) is 13.3 Å². The van der Waals surface area contributed by atoms with Gasteiger partial charge in [-0.15, -0.1) is 0 Å². The number of ether oxygens (including phenoxy) is 1. The summed E-state index contributed by atoms with van der Waals surface area (Å²) in [6.45, 7) is 1.54. The quantitative estimate of drug-likeness (QED) is 0.448. The Kier molecular flexibility index (Phi) is 3.55. The minimum atomic E-state index is -0.767. The lowest BCUT2D eigenvalue weighted by molar-refractivity contribution is -0.385. The van der Waals surface area contributed by atoms with Gasteiger partial charge in [-0.3, -0.25) is 14.9 Å². The highest BCUT2D eigenvalue weighted by molar-refractivity contribution is 5.74. The molecule has 6 heteroatoms. The van der Waals surface area contributed by atoms with Crippen LogP contribution in [0.4, 0.5) is 10.1 Å². The fraction of sp³-hybridized carbons (Fsp3) is 0.300. The number of hydrogen-bond donors (Lipinski definition) is 0. The van der Waals surface area contributed by atoms with E-state index in [-0.39, 0.29) is 5.56 Å². The third-order valence-corrected chi connectivity index (χ3v) is 2.06. The van der Waals surface area contributed by atoms with Crippen molar-refractivity contribution in [2.24, 2.45) is 0 Å². The molecule has 0 saturated carbocycles. The summed E-state index contributed by atoms with van der Waals surface area (Å²) >= 11 is 0. The van der Waals surface area contributed by atoms with Crippen molar-refractivity contribution in [1.29, 1.82) is 0 Å². The molecule has 5 nitrogen and oxygen atoms in total. The highest BCUT2D eigenvalue weighted by atomic mass is 19.1. The number of nitro benzene ring substituents is 1. The molecular formula is C10H10FNO4. The molecule has 0 aliphatic carbocycles. The fourth-order valence-corrected chi connectivity index (χ4v) is 1.31. The smallest absolute Gasteiger partial charge is 0.310 e. The second-order valence-electron chi connectivity index (χ2n) is 3.25. The molecule has 0 saturated heterocycles. The first kappa shape index (κ1) is 12.1. The number of methoxy groups -OCH3 is 1. The molecule has 0 amide bonds. The molecule has 1 aromatic carbocycles. The van der Waals surface area contributed by atoms with Gasteiger partial charge in [-0.05, 0) is 18.6 Å². The third kappa shape index (κ3) is 2.53. The van der Waals surface area contributed by atoms with E-state index in [1.54, 1.807) is 0 Å². The van der Waals surface area contributed by atoms with Crippen LogP contribution in [-0.4, -0.2) is 18.0 Å². The van der Waals surface area contributed by atoms with Crippen LogP contribution in [0.2, 0.25) is 0 Å². The van der Waals surface area contributed by atoms with Crippen LogP contribution in [0.25, 0.3) is 0 Å². The van der Waals surface area contributed by atoms with E-state index in [2.05, 4.69) is 4.74 Å². The lowest BCUT2D eigenvalue weighted by atomic mass is 10.1. The number of rotatable bonds is 3. The number of carbonyl (C=O) groups is 1. The Balaban J connectivity index is 3.24. The van der Waals surface area contributed by atoms with Crippen molar-refractivity contribution in [3.63, 3.8) is 0 Å². The van der Waals surface area contributed by atoms with Crippen LogP contribution in [0.3, 0.4) is 0 Å². The van der Waals surface area contributed by atoms with Gasteiger partial charge in [-0.2, -0.15) is 0 Å². The molecular weight excluding hydrogens is 217 g/mol. The first-order valence-electron chi connectivity index (χ1n) is 4.46. The summed E-state index contributed by atoms with van der Waals surface area (Å²) in [7, 11) is 1.14. The Labute approximate surface area is 91.0 Å². The minimum absolute atomic E-state index is 0.248. The highest BCUT2D eigenvalue weighted by Gasteiger charge is 2.21. The van der Waals surface area contributed by atoms with E-state index in [0.717, 1.165) is 13.2 Å². The Morgan fingerprint density at radius 3 is 2.69 bits per heavy atom. The molecule has 0 radical (unpaired) electrons. The zero-order valence-corrected chi connectivity index (χ0v) is 8.82. The van der Waals surface area contributed by atoms with Gasteiger partial charge in [0.25, 0.3) is 5.69 Å². The molecule has 0 aromatic heterocycles. The molecule has 86 valence electrons. The van der Waals surface area contributed by atoms with Gasteiger partial charge in [0.2, 0.25) is 0 Å². The molecule has 0 aliphatic heterocycles. The summed E-state index contributed by atoms with van der Waals surface area (Å²) in [6, 6.07) is 2.37. The van der Waals surface area contributed by atoms with Gasteiger partial charge in [-0.25, -0.2) is 4.39 Å². The second kappa shape index (κ2) is 4.69. The second-order valence-corrected chi connectivity index (χ2v) is 3.25. The molecule has 0 unspecified atom stereocenters. The summed E-state index contributed by atoms with van der Waals surface area (Å²) in [4.78, 5) is 21.0. The first-order chi connectivity index (χ1) is 7.45. The molecule has 0 N–H and O–H groups in total. The minimum Gasteiger partial charge on any atom is -0.469 e. The Morgan fingerprint density at radius 2 is 2.19 bits per heavy atom. The van der Waals surface area contributed by atoms with Gasteiger partial charge >= 0.3 is 5.97 Å². The number of esters is 1. The van der Waals surface area contributed by atoms with Crippen LogP contribution >= 0.6 is 0 Å². The molecule has 1 rings (SSSR count). The molecule has 0 bridgehead atoms. The van der Waals surface area contributed by atoms with Crippen molar-refractivity contribution < 1.29 is 18.8 Å². The Hall–Kier alpha value is -1.98. The number of carbonyl (C=O) groups excluding carboxylic acids is 1. The van der Waals surface area contributed by atoms with Crippen molar-refractivity contribution in [3.05, 3.63) is 39.2 Å². The average Bonchev–Trinajstić information content (AvgIpc) is 2.20. The summed E-state index contributed by atoms with van der Waals surface area (Å²) < 4.78 is 17.8. The van der Waals surface area contributed by atoms with Crippen LogP contribution in [-0.2, 0) is 16.0 Å². The SMILES string of the molecule is COC(=O)Cc1c(F)cc(C)cc1[N+](=O)[O-]. The number of nitrogens with zero attached hydrogens (tertiary/aromatic N) is 1. The number of halogens is 1. The van der Waals surface area contributed by atoms with E-state index in [4.69, 9.17) is 0 Å². The number of hydrogen-bond acceptors (Lipinski definition) is 4. The maximum absolute atomic E-state index is 13.5. The number of aryl methyl sites for hydroxylation is 1. The summed E-state index contributed by atoms with van der Waals surface area (Å²) in [6.07, 6.45) is -0.446. The zero-order chi connectivity index (χ0) is 12.3. The van der Waals surface area contributed by atoms with Gasteiger partial charge in [-0.1, -0.05) is 0 Å². The van der Waals surface area contributed by atoms with Crippen LogP contribution in [0.1, 0.15) is 11.1 Å². The van der Waals surface area contributed by atoms with E-state index in [1.165, 1.54) is 13.0 Å². The molecule has 16 heavy (non-hydrogen) atoms. The van der Waals surface area contributed by atoms with Crippen LogP contribution in [0.5, 0.6) is 0 Å². The lowest BCUT2D eigenvalue weighted by Gasteiger charge is -2.04. The first-order valence-corrected chi connectivity index (χ1v) is 4.46. The van der Waals surface area contributed by atoms with E-state index < -0.39 is 28.8 Å². The molecule has 0 atom stereocenters. The van der Waals surface area contributed by atoms with Crippen molar-refractivity contribution in [3.8, 4) is 0 Å². The van der Waals surface area contributed by atoms with Gasteiger partial charge in [0.15, 0.2) is 0 Å². The Bertz CT molecular complexity index is 445. The van der Waals surface area contributed by atoms with Crippen molar-refractivity contribution in [2.75, 3.05) is 7.11 Å². The van der Waals surface area contributed by atoms with Gasteiger partial charge in [0, 0.05) is 6.07 Å². The van der Waals surface area contributed by atoms with E-state index in [1.807, 2.05) is 0 Å². The lowest BCUT2D eigenvalue weighted by Crippen LogP contribution is -2.09. The fourth-order valence-electron chi connectivity index (χ4n) is 1.31. The molecule has 0 spiro atoms. The summed E-state index contributed by atoms with van der Waals surface area (Å²) in [5, 5.41) is 10.7. The molecule has 0 aliphatic rings. The molecule has 0 heterocycles. The van der Waals surface area contributed by atoms with E-state index in [0.29, 0.717) is 5.56 Å². The molecule has 1 aromatic rings.